The van der Waals surface area contributed by atoms with Crippen molar-refractivity contribution in [2.45, 2.75) is 6.42 Å². The zero-order valence-electron chi connectivity index (χ0n) is 11.4. The van der Waals surface area contributed by atoms with Crippen LogP contribution >= 0.6 is 0 Å². The molecule has 1 atom stereocenters. The molecule has 2 aromatic rings. The molecule has 3 rings (SSSR count). The summed E-state index contributed by atoms with van der Waals surface area (Å²) in [6.45, 7) is 0.311. The van der Waals surface area contributed by atoms with Crippen LogP contribution in [0.2, 0.25) is 0 Å². The maximum absolute atomic E-state index is 11.9. The van der Waals surface area contributed by atoms with Crippen LogP contribution in [0.5, 0.6) is 0 Å². The molecule has 1 saturated heterocycles. The highest BCUT2D eigenvalue weighted by molar-refractivity contribution is 5.99. The molecule has 1 aliphatic rings. The standard InChI is InChI=1S/C16H15N3O2/c17-16(21)13-8-15(20)19(10-13)14-7-6-12(9-18-14)11-4-2-1-3-5-11/h1-7,9,13H,8,10H2,(H2,17,21). The average Bonchev–Trinajstić information content (AvgIpc) is 2.91. The van der Waals surface area contributed by atoms with Crippen LogP contribution in [0.25, 0.3) is 11.1 Å². The van der Waals surface area contributed by atoms with Gasteiger partial charge in [0.2, 0.25) is 11.8 Å². The lowest BCUT2D eigenvalue weighted by molar-refractivity contribution is -0.123. The predicted molar refractivity (Wildman–Crippen MR) is 79.3 cm³/mol. The summed E-state index contributed by atoms with van der Waals surface area (Å²) < 4.78 is 0. The van der Waals surface area contributed by atoms with Crippen molar-refractivity contribution in [3.63, 3.8) is 0 Å². The zero-order chi connectivity index (χ0) is 14.8. The van der Waals surface area contributed by atoms with Crippen molar-refractivity contribution >= 4 is 17.6 Å². The number of aromatic nitrogens is 1. The van der Waals surface area contributed by atoms with Crippen LogP contribution in [0.4, 0.5) is 5.82 Å². The second-order valence-electron chi connectivity index (χ2n) is 5.08. The van der Waals surface area contributed by atoms with Gasteiger partial charge in [-0.25, -0.2) is 4.98 Å². The van der Waals surface area contributed by atoms with Crippen LogP contribution in [0.3, 0.4) is 0 Å². The first kappa shape index (κ1) is 13.3. The molecule has 1 unspecified atom stereocenters. The van der Waals surface area contributed by atoms with E-state index in [1.165, 1.54) is 4.90 Å². The van der Waals surface area contributed by atoms with E-state index in [2.05, 4.69) is 4.98 Å². The molecule has 5 heteroatoms. The first-order valence-corrected chi connectivity index (χ1v) is 6.76. The molecule has 21 heavy (non-hydrogen) atoms. The number of primary amides is 1. The number of pyridine rings is 1. The normalized spacial score (nSPS) is 18.0. The predicted octanol–water partition coefficient (Wildman–Crippen LogP) is 1.59. The Bertz CT molecular complexity index is 668. The smallest absolute Gasteiger partial charge is 0.229 e. The number of anilines is 1. The van der Waals surface area contributed by atoms with Gasteiger partial charge >= 0.3 is 0 Å². The van der Waals surface area contributed by atoms with Gasteiger partial charge in [0.25, 0.3) is 0 Å². The molecule has 0 bridgehead atoms. The first-order valence-electron chi connectivity index (χ1n) is 6.76. The van der Waals surface area contributed by atoms with Crippen molar-refractivity contribution in [1.82, 2.24) is 4.98 Å². The summed E-state index contributed by atoms with van der Waals surface area (Å²) in [5.74, 6) is -0.415. The van der Waals surface area contributed by atoms with E-state index >= 15 is 0 Å². The van der Waals surface area contributed by atoms with Gasteiger partial charge in [-0.1, -0.05) is 30.3 Å². The van der Waals surface area contributed by atoms with Crippen LogP contribution in [0.1, 0.15) is 6.42 Å². The number of carbonyl (C=O) groups is 2. The Kier molecular flexibility index (Phi) is 3.39. The second-order valence-corrected chi connectivity index (χ2v) is 5.08. The molecular weight excluding hydrogens is 266 g/mol. The van der Waals surface area contributed by atoms with Crippen molar-refractivity contribution in [2.75, 3.05) is 11.4 Å². The second kappa shape index (κ2) is 5.36. The quantitative estimate of drug-likeness (QED) is 0.928. The van der Waals surface area contributed by atoms with Crippen LogP contribution in [0.15, 0.2) is 48.7 Å². The number of rotatable bonds is 3. The summed E-state index contributed by atoms with van der Waals surface area (Å²) in [4.78, 5) is 29.0. The highest BCUT2D eigenvalue weighted by Crippen LogP contribution is 2.25. The van der Waals surface area contributed by atoms with Gasteiger partial charge in [0.05, 0.1) is 5.92 Å². The topological polar surface area (TPSA) is 76.3 Å². The SMILES string of the molecule is NC(=O)C1CC(=O)N(c2ccc(-c3ccccc3)cn2)C1. The van der Waals surface area contributed by atoms with Crippen molar-refractivity contribution < 1.29 is 9.59 Å². The third-order valence-electron chi connectivity index (χ3n) is 3.66. The van der Waals surface area contributed by atoms with E-state index in [0.717, 1.165) is 11.1 Å². The van der Waals surface area contributed by atoms with Crippen LogP contribution in [-0.4, -0.2) is 23.3 Å². The molecule has 0 spiro atoms. The number of nitrogens with two attached hydrogens (primary N) is 1. The number of amides is 2. The third kappa shape index (κ3) is 2.63. The zero-order valence-corrected chi connectivity index (χ0v) is 11.4. The molecule has 2 heterocycles. The molecule has 5 nitrogen and oxygen atoms in total. The fraction of sp³-hybridized carbons (Fsp3) is 0.188. The molecule has 2 N–H and O–H groups in total. The third-order valence-corrected chi connectivity index (χ3v) is 3.66. The van der Waals surface area contributed by atoms with Crippen LogP contribution in [0, 0.1) is 5.92 Å². The van der Waals surface area contributed by atoms with Crippen molar-refractivity contribution in [3.8, 4) is 11.1 Å². The lowest BCUT2D eigenvalue weighted by Gasteiger charge is -2.15. The Morgan fingerprint density at radius 1 is 1.14 bits per heavy atom. The summed E-state index contributed by atoms with van der Waals surface area (Å²) in [7, 11) is 0. The summed E-state index contributed by atoms with van der Waals surface area (Å²) in [6.07, 6.45) is 1.90. The fourth-order valence-electron chi connectivity index (χ4n) is 2.47. The molecule has 106 valence electrons. The minimum Gasteiger partial charge on any atom is -0.369 e. The van der Waals surface area contributed by atoms with E-state index in [0.29, 0.717) is 12.4 Å². The number of carbonyl (C=O) groups excluding carboxylic acids is 2. The molecular formula is C16H15N3O2. The van der Waals surface area contributed by atoms with E-state index < -0.39 is 11.8 Å². The van der Waals surface area contributed by atoms with Gasteiger partial charge in [-0.3, -0.25) is 14.5 Å². The Morgan fingerprint density at radius 3 is 2.48 bits per heavy atom. The van der Waals surface area contributed by atoms with E-state index in [9.17, 15) is 9.59 Å². The maximum atomic E-state index is 11.9. The Hall–Kier alpha value is -2.69. The highest BCUT2D eigenvalue weighted by Gasteiger charge is 2.34. The van der Waals surface area contributed by atoms with Gasteiger partial charge in [-0.15, -0.1) is 0 Å². The van der Waals surface area contributed by atoms with Crippen molar-refractivity contribution in [3.05, 3.63) is 48.7 Å². The fourth-order valence-corrected chi connectivity index (χ4v) is 2.47. The van der Waals surface area contributed by atoms with Crippen molar-refractivity contribution in [2.24, 2.45) is 11.7 Å². The van der Waals surface area contributed by atoms with Gasteiger partial charge in [0.1, 0.15) is 5.82 Å². The molecule has 2 amide bonds. The molecule has 1 aliphatic heterocycles. The van der Waals surface area contributed by atoms with Crippen molar-refractivity contribution in [1.29, 1.82) is 0 Å². The summed E-state index contributed by atoms with van der Waals surface area (Å²) in [6, 6.07) is 13.6. The summed E-state index contributed by atoms with van der Waals surface area (Å²) in [5.41, 5.74) is 7.31. The van der Waals surface area contributed by atoms with Gasteiger partial charge in [-0.2, -0.15) is 0 Å². The summed E-state index contributed by atoms with van der Waals surface area (Å²) >= 11 is 0. The molecule has 0 aliphatic carbocycles. The number of hydrogen-bond donors (Lipinski definition) is 1. The molecule has 1 fully saturated rings. The highest BCUT2D eigenvalue weighted by atomic mass is 16.2. The van der Waals surface area contributed by atoms with Gasteiger partial charge in [-0.05, 0) is 17.7 Å². The lowest BCUT2D eigenvalue weighted by atomic mass is 10.1. The summed E-state index contributed by atoms with van der Waals surface area (Å²) in [5, 5.41) is 0. The van der Waals surface area contributed by atoms with E-state index in [1.54, 1.807) is 12.3 Å². The van der Waals surface area contributed by atoms with Gasteiger partial charge in [0.15, 0.2) is 0 Å². The number of benzene rings is 1. The molecule has 1 aromatic heterocycles. The van der Waals surface area contributed by atoms with E-state index in [1.807, 2.05) is 36.4 Å². The molecule has 0 saturated carbocycles. The number of nitrogens with zero attached hydrogens (tertiary/aromatic N) is 2. The molecule has 1 aromatic carbocycles. The first-order chi connectivity index (χ1) is 10.1. The van der Waals surface area contributed by atoms with E-state index in [-0.39, 0.29) is 12.3 Å². The minimum atomic E-state index is -0.438. The Balaban J connectivity index is 1.82. The minimum absolute atomic E-state index is 0.112. The average molecular weight is 281 g/mol. The van der Waals surface area contributed by atoms with Crippen LogP contribution in [-0.2, 0) is 9.59 Å². The lowest BCUT2D eigenvalue weighted by Crippen LogP contribution is -2.28. The largest absolute Gasteiger partial charge is 0.369 e. The van der Waals surface area contributed by atoms with Gasteiger partial charge < -0.3 is 5.73 Å². The number of hydrogen-bond acceptors (Lipinski definition) is 3. The van der Waals surface area contributed by atoms with E-state index in [4.69, 9.17) is 5.73 Å². The Labute approximate surface area is 122 Å². The molecule has 0 radical (unpaired) electrons. The van der Waals surface area contributed by atoms with Crippen LogP contribution < -0.4 is 10.6 Å². The maximum Gasteiger partial charge on any atom is 0.229 e. The monoisotopic (exact) mass is 281 g/mol. The van der Waals surface area contributed by atoms with Gasteiger partial charge in [0, 0.05) is 24.7 Å². The Morgan fingerprint density at radius 2 is 1.90 bits per heavy atom.